The van der Waals surface area contributed by atoms with Crippen LogP contribution in [0.25, 0.3) is 0 Å². The quantitative estimate of drug-likeness (QED) is 0.848. The van der Waals surface area contributed by atoms with E-state index < -0.39 is 0 Å². The number of carbonyl (C=O) groups is 1. The van der Waals surface area contributed by atoms with Crippen molar-refractivity contribution in [2.45, 2.75) is 19.3 Å². The van der Waals surface area contributed by atoms with Gasteiger partial charge in [-0.1, -0.05) is 0 Å². The first-order valence-corrected chi connectivity index (χ1v) is 7.58. The Labute approximate surface area is 120 Å². The van der Waals surface area contributed by atoms with Gasteiger partial charge in [-0.05, 0) is 56.6 Å². The van der Waals surface area contributed by atoms with E-state index in [2.05, 4.69) is 29.4 Å². The van der Waals surface area contributed by atoms with E-state index in [1.165, 1.54) is 11.3 Å². The average molecular weight is 273 g/mol. The predicted molar refractivity (Wildman–Crippen MR) is 81.3 cm³/mol. The van der Waals surface area contributed by atoms with Gasteiger partial charge < -0.3 is 15.1 Å². The van der Waals surface area contributed by atoms with Gasteiger partial charge in [0, 0.05) is 37.4 Å². The normalized spacial score (nSPS) is 19.9. The Kier molecular flexibility index (Phi) is 3.92. The molecule has 0 saturated carbocycles. The van der Waals surface area contributed by atoms with Crippen molar-refractivity contribution in [2.75, 3.05) is 45.1 Å². The molecule has 3 rings (SSSR count). The summed E-state index contributed by atoms with van der Waals surface area (Å²) >= 11 is 0. The second kappa shape index (κ2) is 5.83. The number of carbonyl (C=O) groups excluding carboxylic acids is 1. The summed E-state index contributed by atoms with van der Waals surface area (Å²) in [6.45, 7) is 4.80. The summed E-state index contributed by atoms with van der Waals surface area (Å²) in [6.07, 6.45) is 3.29. The largest absolute Gasteiger partial charge is 0.385 e. The van der Waals surface area contributed by atoms with E-state index in [-0.39, 0.29) is 5.91 Å². The third-order valence-electron chi connectivity index (χ3n) is 4.30. The van der Waals surface area contributed by atoms with Crippen LogP contribution in [0.3, 0.4) is 0 Å². The minimum absolute atomic E-state index is 0.189. The number of rotatable bonds is 1. The van der Waals surface area contributed by atoms with Gasteiger partial charge in [-0.3, -0.25) is 4.79 Å². The zero-order valence-electron chi connectivity index (χ0n) is 12.2. The number of hydrogen-bond donors (Lipinski definition) is 1. The molecule has 1 saturated heterocycles. The molecule has 2 aliphatic heterocycles. The molecule has 1 amide bonds. The molecule has 0 aliphatic carbocycles. The van der Waals surface area contributed by atoms with Gasteiger partial charge >= 0.3 is 0 Å². The summed E-state index contributed by atoms with van der Waals surface area (Å²) < 4.78 is 0. The van der Waals surface area contributed by atoms with Gasteiger partial charge in [0.25, 0.3) is 5.91 Å². The van der Waals surface area contributed by atoms with Crippen molar-refractivity contribution in [1.82, 2.24) is 9.80 Å². The molecular formula is C16H23N3O. The second-order valence-electron chi connectivity index (χ2n) is 5.85. The van der Waals surface area contributed by atoms with E-state index in [0.717, 1.165) is 57.5 Å². The fraction of sp³-hybridized carbons (Fsp3) is 0.562. The highest BCUT2D eigenvalue weighted by molar-refractivity contribution is 5.95. The highest BCUT2D eigenvalue weighted by Gasteiger charge is 2.20. The Bertz CT molecular complexity index is 500. The van der Waals surface area contributed by atoms with Crippen LogP contribution in [0, 0.1) is 0 Å². The maximum Gasteiger partial charge on any atom is 0.253 e. The van der Waals surface area contributed by atoms with Crippen LogP contribution in [0.1, 0.15) is 28.8 Å². The van der Waals surface area contributed by atoms with E-state index in [0.29, 0.717) is 0 Å². The summed E-state index contributed by atoms with van der Waals surface area (Å²) in [6, 6.07) is 6.11. The number of hydrogen-bond acceptors (Lipinski definition) is 3. The summed E-state index contributed by atoms with van der Waals surface area (Å²) in [7, 11) is 2.12. The number of aryl methyl sites for hydroxylation is 1. The smallest absolute Gasteiger partial charge is 0.253 e. The SMILES string of the molecule is CN1CCCN(C(=O)c2ccc3c(c2)CCCN3)CC1. The minimum atomic E-state index is 0.189. The summed E-state index contributed by atoms with van der Waals surface area (Å²) in [5, 5.41) is 3.39. The Hall–Kier alpha value is -1.55. The highest BCUT2D eigenvalue weighted by Crippen LogP contribution is 2.23. The van der Waals surface area contributed by atoms with Gasteiger partial charge in [-0.15, -0.1) is 0 Å². The first-order chi connectivity index (χ1) is 9.74. The minimum Gasteiger partial charge on any atom is -0.385 e. The molecule has 1 aromatic rings. The Morgan fingerprint density at radius 2 is 2.05 bits per heavy atom. The third kappa shape index (κ3) is 2.80. The molecule has 0 atom stereocenters. The summed E-state index contributed by atoms with van der Waals surface area (Å²) in [5.41, 5.74) is 3.33. The Morgan fingerprint density at radius 1 is 1.15 bits per heavy atom. The van der Waals surface area contributed by atoms with E-state index in [1.807, 2.05) is 11.0 Å². The van der Waals surface area contributed by atoms with Crippen molar-refractivity contribution >= 4 is 11.6 Å². The summed E-state index contributed by atoms with van der Waals surface area (Å²) in [5.74, 6) is 0.189. The topological polar surface area (TPSA) is 35.6 Å². The van der Waals surface area contributed by atoms with Gasteiger partial charge in [0.1, 0.15) is 0 Å². The number of fused-ring (bicyclic) bond motifs is 1. The fourth-order valence-electron chi connectivity index (χ4n) is 3.04. The lowest BCUT2D eigenvalue weighted by Gasteiger charge is -2.23. The summed E-state index contributed by atoms with van der Waals surface area (Å²) in [4.78, 5) is 16.9. The lowest BCUT2D eigenvalue weighted by atomic mass is 10.0. The van der Waals surface area contributed by atoms with Crippen molar-refractivity contribution in [2.24, 2.45) is 0 Å². The van der Waals surface area contributed by atoms with Gasteiger partial charge in [0.2, 0.25) is 0 Å². The van der Waals surface area contributed by atoms with E-state index in [9.17, 15) is 4.79 Å². The highest BCUT2D eigenvalue weighted by atomic mass is 16.2. The van der Waals surface area contributed by atoms with Gasteiger partial charge in [-0.25, -0.2) is 0 Å². The van der Waals surface area contributed by atoms with Crippen LogP contribution in [0.5, 0.6) is 0 Å². The van der Waals surface area contributed by atoms with Gasteiger partial charge in [-0.2, -0.15) is 0 Å². The Balaban J connectivity index is 1.76. The van der Waals surface area contributed by atoms with Gasteiger partial charge in [0.15, 0.2) is 0 Å². The molecule has 1 N–H and O–H groups in total. The molecule has 2 aliphatic rings. The molecule has 0 unspecified atom stereocenters. The molecule has 2 heterocycles. The first-order valence-electron chi connectivity index (χ1n) is 7.58. The zero-order chi connectivity index (χ0) is 13.9. The lowest BCUT2D eigenvalue weighted by Crippen LogP contribution is -2.34. The van der Waals surface area contributed by atoms with E-state index >= 15 is 0 Å². The van der Waals surface area contributed by atoms with Crippen LogP contribution in [-0.2, 0) is 6.42 Å². The standard InChI is InChI=1S/C16H23N3O/c1-18-8-3-9-19(11-10-18)16(20)14-5-6-15-13(12-14)4-2-7-17-15/h5-6,12,17H,2-4,7-11H2,1H3. The van der Waals surface area contributed by atoms with Crippen molar-refractivity contribution in [3.05, 3.63) is 29.3 Å². The molecule has 0 radical (unpaired) electrons. The maximum atomic E-state index is 12.6. The zero-order valence-corrected chi connectivity index (χ0v) is 12.2. The number of anilines is 1. The van der Waals surface area contributed by atoms with Crippen LogP contribution in [0.2, 0.25) is 0 Å². The van der Waals surface area contributed by atoms with Crippen LogP contribution >= 0.6 is 0 Å². The molecule has 0 aromatic heterocycles. The Morgan fingerprint density at radius 3 is 2.95 bits per heavy atom. The number of likely N-dealkylation sites (N-methyl/N-ethyl adjacent to an activating group) is 1. The molecule has 1 aromatic carbocycles. The molecule has 20 heavy (non-hydrogen) atoms. The van der Waals surface area contributed by atoms with Crippen LogP contribution in [0.15, 0.2) is 18.2 Å². The van der Waals surface area contributed by atoms with E-state index in [1.54, 1.807) is 0 Å². The van der Waals surface area contributed by atoms with Crippen LogP contribution in [0.4, 0.5) is 5.69 Å². The fourth-order valence-corrected chi connectivity index (χ4v) is 3.04. The van der Waals surface area contributed by atoms with Crippen molar-refractivity contribution in [3.63, 3.8) is 0 Å². The predicted octanol–water partition coefficient (Wildman–Crippen LogP) is 1.82. The number of benzene rings is 1. The number of nitrogens with zero attached hydrogens (tertiary/aromatic N) is 2. The number of nitrogens with one attached hydrogen (secondary N) is 1. The molecule has 4 heteroatoms. The molecule has 108 valence electrons. The lowest BCUT2D eigenvalue weighted by molar-refractivity contribution is 0.0762. The molecule has 0 spiro atoms. The first kappa shape index (κ1) is 13.4. The molecule has 0 bridgehead atoms. The van der Waals surface area contributed by atoms with Crippen molar-refractivity contribution < 1.29 is 4.79 Å². The molecule has 1 fully saturated rings. The molecule has 4 nitrogen and oxygen atoms in total. The van der Waals surface area contributed by atoms with E-state index in [4.69, 9.17) is 0 Å². The maximum absolute atomic E-state index is 12.6. The van der Waals surface area contributed by atoms with Crippen molar-refractivity contribution in [1.29, 1.82) is 0 Å². The third-order valence-corrected chi connectivity index (χ3v) is 4.30. The van der Waals surface area contributed by atoms with Crippen LogP contribution in [-0.4, -0.2) is 55.5 Å². The average Bonchev–Trinajstić information content (AvgIpc) is 2.71. The monoisotopic (exact) mass is 273 g/mol. The number of amides is 1. The molecular weight excluding hydrogens is 250 g/mol. The van der Waals surface area contributed by atoms with Crippen molar-refractivity contribution in [3.8, 4) is 0 Å². The second-order valence-corrected chi connectivity index (χ2v) is 5.85. The van der Waals surface area contributed by atoms with Gasteiger partial charge in [0.05, 0.1) is 0 Å². The van der Waals surface area contributed by atoms with Crippen LogP contribution < -0.4 is 5.32 Å².